The summed E-state index contributed by atoms with van der Waals surface area (Å²) in [6.07, 6.45) is -0.137. The number of benzene rings is 1. The van der Waals surface area contributed by atoms with Gasteiger partial charge in [-0.3, -0.25) is 9.69 Å². The first-order chi connectivity index (χ1) is 12.0. The summed E-state index contributed by atoms with van der Waals surface area (Å²) in [6, 6.07) is 10.2. The molecular formula is C19H25N3O2S. The number of hydrogen-bond donors (Lipinski definition) is 1. The topological polar surface area (TPSA) is 56.7 Å². The summed E-state index contributed by atoms with van der Waals surface area (Å²) in [4.78, 5) is 22.1. The van der Waals surface area contributed by atoms with Crippen LogP contribution in [0.1, 0.15) is 21.1 Å². The van der Waals surface area contributed by atoms with E-state index in [4.69, 9.17) is 0 Å². The highest BCUT2D eigenvalue weighted by Crippen LogP contribution is 2.19. The van der Waals surface area contributed by atoms with Gasteiger partial charge in [0.05, 0.1) is 23.2 Å². The van der Waals surface area contributed by atoms with Gasteiger partial charge >= 0.3 is 0 Å². The summed E-state index contributed by atoms with van der Waals surface area (Å²) in [7, 11) is 0. The lowest BCUT2D eigenvalue weighted by molar-refractivity contribution is -0.131. The number of aromatic nitrogens is 1. The maximum absolute atomic E-state index is 12.7. The van der Waals surface area contributed by atoms with E-state index < -0.39 is 6.10 Å². The first kappa shape index (κ1) is 18.0. The van der Waals surface area contributed by atoms with Crippen LogP contribution in [0.3, 0.4) is 0 Å². The molecule has 0 saturated carbocycles. The first-order valence-electron chi connectivity index (χ1n) is 8.66. The van der Waals surface area contributed by atoms with E-state index in [1.807, 2.05) is 32.0 Å². The summed E-state index contributed by atoms with van der Waals surface area (Å²) >= 11 is 1.58. The highest BCUT2D eigenvalue weighted by molar-refractivity contribution is 7.11. The second-order valence-electron chi connectivity index (χ2n) is 6.63. The number of aliphatic hydroxyl groups excluding tert-OH is 1. The van der Waals surface area contributed by atoms with Gasteiger partial charge in [0.2, 0.25) is 5.91 Å². The molecule has 1 aromatic carbocycles. The highest BCUT2D eigenvalue weighted by Gasteiger charge is 2.25. The molecule has 5 nitrogen and oxygen atoms in total. The van der Waals surface area contributed by atoms with Crippen molar-refractivity contribution < 1.29 is 9.90 Å². The summed E-state index contributed by atoms with van der Waals surface area (Å²) in [5.41, 5.74) is 2.17. The summed E-state index contributed by atoms with van der Waals surface area (Å²) in [6.45, 7) is 7.14. The lowest BCUT2D eigenvalue weighted by Crippen LogP contribution is -2.38. The number of hydrogen-bond acceptors (Lipinski definition) is 5. The molecule has 2 heterocycles. The van der Waals surface area contributed by atoms with Crippen LogP contribution in [0.5, 0.6) is 0 Å². The molecule has 1 fully saturated rings. The molecule has 1 N–H and O–H groups in total. The Morgan fingerprint density at radius 1 is 1.24 bits per heavy atom. The lowest BCUT2D eigenvalue weighted by atomic mass is 10.2. The van der Waals surface area contributed by atoms with Gasteiger partial charge < -0.3 is 10.0 Å². The predicted octanol–water partition coefficient (Wildman–Crippen LogP) is 2.01. The van der Waals surface area contributed by atoms with Crippen LogP contribution in [0.4, 0.5) is 0 Å². The maximum Gasteiger partial charge on any atom is 0.228 e. The van der Waals surface area contributed by atoms with Crippen LogP contribution in [0.25, 0.3) is 0 Å². The Labute approximate surface area is 152 Å². The van der Waals surface area contributed by atoms with Gasteiger partial charge in [0.1, 0.15) is 0 Å². The molecule has 6 heteroatoms. The molecule has 0 unspecified atom stereocenters. The second kappa shape index (κ2) is 8.08. The third-order valence-electron chi connectivity index (χ3n) is 4.50. The first-order valence-corrected chi connectivity index (χ1v) is 9.48. The molecule has 0 bridgehead atoms. The Kier molecular flexibility index (Phi) is 5.83. The summed E-state index contributed by atoms with van der Waals surface area (Å²) in [5, 5.41) is 11.3. The third-order valence-corrected chi connectivity index (χ3v) is 5.57. The van der Waals surface area contributed by atoms with E-state index >= 15 is 0 Å². The predicted molar refractivity (Wildman–Crippen MR) is 99.6 cm³/mol. The van der Waals surface area contributed by atoms with Gasteiger partial charge in [0, 0.05) is 37.6 Å². The monoisotopic (exact) mass is 359 g/mol. The van der Waals surface area contributed by atoms with E-state index in [0.717, 1.165) is 28.7 Å². The minimum Gasteiger partial charge on any atom is -0.390 e. The van der Waals surface area contributed by atoms with Crippen LogP contribution in [0, 0.1) is 13.8 Å². The molecule has 1 atom stereocenters. The van der Waals surface area contributed by atoms with Crippen molar-refractivity contribution in [3.63, 3.8) is 0 Å². The molecule has 0 aliphatic carbocycles. The molecular weight excluding hydrogens is 334 g/mol. The SMILES string of the molecule is Cc1nc(C)c(CC(=O)N2CCN(Cc3ccccc3)C[C@H](O)C2)s1. The van der Waals surface area contributed by atoms with Crippen molar-refractivity contribution in [3.05, 3.63) is 51.5 Å². The quantitative estimate of drug-likeness (QED) is 0.907. The standard InChI is InChI=1S/C19H25N3O2S/c1-14-18(25-15(2)20-14)10-19(24)22-9-8-21(12-17(23)13-22)11-16-6-4-3-5-7-16/h3-7,17,23H,8-13H2,1-2H3/t17-/m0/s1. The second-order valence-corrected chi connectivity index (χ2v) is 7.92. The Balaban J connectivity index is 1.60. The van der Waals surface area contributed by atoms with Gasteiger partial charge in [0.15, 0.2) is 0 Å². The molecule has 134 valence electrons. The van der Waals surface area contributed by atoms with E-state index in [1.54, 1.807) is 16.2 Å². The Morgan fingerprint density at radius 2 is 2.00 bits per heavy atom. The van der Waals surface area contributed by atoms with E-state index in [0.29, 0.717) is 26.1 Å². The molecule has 1 amide bonds. The number of thiazole rings is 1. The van der Waals surface area contributed by atoms with Crippen molar-refractivity contribution in [2.75, 3.05) is 26.2 Å². The van der Waals surface area contributed by atoms with E-state index in [2.05, 4.69) is 22.0 Å². The average molecular weight is 359 g/mol. The molecule has 25 heavy (non-hydrogen) atoms. The van der Waals surface area contributed by atoms with E-state index in [9.17, 15) is 9.90 Å². The van der Waals surface area contributed by atoms with Crippen LogP contribution >= 0.6 is 11.3 Å². The van der Waals surface area contributed by atoms with Crippen LogP contribution in [-0.2, 0) is 17.8 Å². The Morgan fingerprint density at radius 3 is 2.68 bits per heavy atom. The van der Waals surface area contributed by atoms with Gasteiger partial charge in [-0.2, -0.15) is 0 Å². The van der Waals surface area contributed by atoms with Gasteiger partial charge in [-0.15, -0.1) is 11.3 Å². The normalized spacial score (nSPS) is 19.0. The zero-order valence-corrected chi connectivity index (χ0v) is 15.6. The smallest absolute Gasteiger partial charge is 0.228 e. The van der Waals surface area contributed by atoms with Gasteiger partial charge in [0.25, 0.3) is 0 Å². The van der Waals surface area contributed by atoms with Crippen molar-refractivity contribution in [2.45, 2.75) is 32.9 Å². The van der Waals surface area contributed by atoms with Gasteiger partial charge in [-0.1, -0.05) is 30.3 Å². The molecule has 1 saturated heterocycles. The zero-order valence-electron chi connectivity index (χ0n) is 14.8. The fourth-order valence-corrected chi connectivity index (χ4v) is 4.18. The Bertz CT molecular complexity index is 717. The van der Waals surface area contributed by atoms with Gasteiger partial charge in [-0.05, 0) is 19.4 Å². The number of aryl methyl sites for hydroxylation is 2. The molecule has 0 spiro atoms. The van der Waals surface area contributed by atoms with Crippen molar-refractivity contribution in [3.8, 4) is 0 Å². The number of rotatable bonds is 4. The van der Waals surface area contributed by atoms with Crippen molar-refractivity contribution in [1.29, 1.82) is 0 Å². The van der Waals surface area contributed by atoms with E-state index in [-0.39, 0.29) is 5.91 Å². The molecule has 1 aromatic heterocycles. The minimum atomic E-state index is -0.514. The lowest BCUT2D eigenvalue weighted by Gasteiger charge is -2.21. The van der Waals surface area contributed by atoms with Crippen molar-refractivity contribution in [1.82, 2.24) is 14.8 Å². The number of β-amino-alcohol motifs (C(OH)–C–C–N with tert-alkyl or cyclic N) is 1. The fraction of sp³-hybridized carbons (Fsp3) is 0.474. The van der Waals surface area contributed by atoms with Crippen LogP contribution in [0.2, 0.25) is 0 Å². The molecule has 3 rings (SSSR count). The molecule has 1 aliphatic heterocycles. The Hall–Kier alpha value is -1.76. The number of aliphatic hydroxyl groups is 1. The number of carbonyl (C=O) groups is 1. The highest BCUT2D eigenvalue weighted by atomic mass is 32.1. The third kappa shape index (κ3) is 4.87. The fourth-order valence-electron chi connectivity index (χ4n) is 3.25. The van der Waals surface area contributed by atoms with Crippen molar-refractivity contribution >= 4 is 17.2 Å². The largest absolute Gasteiger partial charge is 0.390 e. The van der Waals surface area contributed by atoms with Crippen molar-refractivity contribution in [2.24, 2.45) is 0 Å². The van der Waals surface area contributed by atoms with Gasteiger partial charge in [-0.25, -0.2) is 4.98 Å². The zero-order chi connectivity index (χ0) is 17.8. The number of carbonyl (C=O) groups excluding carboxylic acids is 1. The molecule has 0 radical (unpaired) electrons. The molecule has 1 aliphatic rings. The van der Waals surface area contributed by atoms with E-state index in [1.165, 1.54) is 5.56 Å². The van der Waals surface area contributed by atoms with Crippen LogP contribution < -0.4 is 0 Å². The minimum absolute atomic E-state index is 0.0763. The number of amides is 1. The average Bonchev–Trinajstić information content (AvgIpc) is 2.77. The number of nitrogens with zero attached hydrogens (tertiary/aromatic N) is 3. The summed E-state index contributed by atoms with van der Waals surface area (Å²) in [5.74, 6) is 0.0763. The maximum atomic E-state index is 12.7. The van der Waals surface area contributed by atoms with Crippen LogP contribution in [0.15, 0.2) is 30.3 Å². The van der Waals surface area contributed by atoms with Crippen LogP contribution in [-0.4, -0.2) is 58.1 Å². The molecule has 2 aromatic rings. The summed E-state index contributed by atoms with van der Waals surface area (Å²) < 4.78 is 0.